The fourth-order valence-corrected chi connectivity index (χ4v) is 2.64. The molecular weight excluding hydrogens is 322 g/mol. The van der Waals surface area contributed by atoms with Gasteiger partial charge in [-0.15, -0.1) is 0 Å². The van der Waals surface area contributed by atoms with Crippen LogP contribution in [0.1, 0.15) is 15.9 Å². The first kappa shape index (κ1) is 17.0. The van der Waals surface area contributed by atoms with Gasteiger partial charge in [-0.1, -0.05) is 6.07 Å². The van der Waals surface area contributed by atoms with Crippen molar-refractivity contribution in [1.82, 2.24) is 5.32 Å². The van der Waals surface area contributed by atoms with Crippen LogP contribution in [0.4, 0.5) is 0 Å². The summed E-state index contributed by atoms with van der Waals surface area (Å²) in [6.07, 6.45) is 0.691. The molecule has 0 atom stereocenters. The maximum Gasteiger partial charge on any atom is 0.251 e. The van der Waals surface area contributed by atoms with Gasteiger partial charge in [0.15, 0.2) is 23.0 Å². The van der Waals surface area contributed by atoms with E-state index < -0.39 is 0 Å². The number of methoxy groups -OCH3 is 2. The number of ether oxygens (including phenoxy) is 4. The van der Waals surface area contributed by atoms with Crippen molar-refractivity contribution in [2.75, 3.05) is 34.0 Å². The fraction of sp³-hybridized carbons (Fsp3) is 0.316. The lowest BCUT2D eigenvalue weighted by molar-refractivity contribution is 0.0953. The first-order chi connectivity index (χ1) is 12.2. The number of amides is 1. The molecule has 0 unspecified atom stereocenters. The number of rotatable bonds is 6. The highest BCUT2D eigenvalue weighted by Gasteiger charge is 2.14. The summed E-state index contributed by atoms with van der Waals surface area (Å²) in [7, 11) is 3.20. The van der Waals surface area contributed by atoms with Crippen LogP contribution in [0.3, 0.4) is 0 Å². The number of carbonyl (C=O) groups excluding carboxylic acids is 1. The summed E-state index contributed by atoms with van der Waals surface area (Å²) in [6, 6.07) is 10.9. The molecule has 3 rings (SSSR count). The van der Waals surface area contributed by atoms with Gasteiger partial charge in [0.05, 0.1) is 14.2 Å². The van der Waals surface area contributed by atoms with Gasteiger partial charge >= 0.3 is 0 Å². The van der Waals surface area contributed by atoms with E-state index in [1.54, 1.807) is 32.4 Å². The number of hydrogen-bond donors (Lipinski definition) is 1. The zero-order valence-electron chi connectivity index (χ0n) is 14.3. The molecule has 132 valence electrons. The molecule has 0 saturated carbocycles. The first-order valence-electron chi connectivity index (χ1n) is 8.10. The maximum absolute atomic E-state index is 12.3. The fourth-order valence-electron chi connectivity index (χ4n) is 2.64. The molecule has 1 N–H and O–H groups in total. The highest BCUT2D eigenvalue weighted by molar-refractivity contribution is 5.94. The zero-order chi connectivity index (χ0) is 17.6. The Hall–Kier alpha value is -2.89. The van der Waals surface area contributed by atoms with E-state index in [9.17, 15) is 4.79 Å². The van der Waals surface area contributed by atoms with Crippen LogP contribution in [-0.4, -0.2) is 39.9 Å². The van der Waals surface area contributed by atoms with Gasteiger partial charge in [0, 0.05) is 12.1 Å². The molecule has 25 heavy (non-hydrogen) atoms. The monoisotopic (exact) mass is 343 g/mol. The molecule has 0 aromatic heterocycles. The Labute approximate surface area is 146 Å². The van der Waals surface area contributed by atoms with Crippen molar-refractivity contribution < 1.29 is 23.7 Å². The summed E-state index contributed by atoms with van der Waals surface area (Å²) in [5, 5.41) is 2.91. The van der Waals surface area contributed by atoms with Crippen LogP contribution < -0.4 is 24.3 Å². The van der Waals surface area contributed by atoms with Gasteiger partial charge < -0.3 is 24.3 Å². The number of hydrogen-bond acceptors (Lipinski definition) is 5. The van der Waals surface area contributed by atoms with Crippen LogP contribution in [0, 0.1) is 0 Å². The molecule has 1 aliphatic rings. The van der Waals surface area contributed by atoms with Crippen LogP contribution in [0.25, 0.3) is 0 Å². The molecule has 2 aromatic rings. The molecular formula is C19H21NO5. The van der Waals surface area contributed by atoms with Gasteiger partial charge in [-0.05, 0) is 42.3 Å². The number of fused-ring (bicyclic) bond motifs is 1. The van der Waals surface area contributed by atoms with E-state index in [-0.39, 0.29) is 5.91 Å². The van der Waals surface area contributed by atoms with Crippen LogP contribution in [0.5, 0.6) is 23.0 Å². The molecule has 1 aliphatic heterocycles. The molecule has 0 spiro atoms. The Kier molecular flexibility index (Phi) is 5.28. The number of nitrogens with one attached hydrogen (secondary N) is 1. The van der Waals surface area contributed by atoms with Crippen molar-refractivity contribution in [3.05, 3.63) is 47.5 Å². The predicted octanol–water partition coefficient (Wildman–Crippen LogP) is 2.45. The Bertz CT molecular complexity index is 759. The van der Waals surface area contributed by atoms with Gasteiger partial charge in [0.2, 0.25) is 0 Å². The third kappa shape index (κ3) is 3.96. The second-order valence-electron chi connectivity index (χ2n) is 5.55. The van der Waals surface area contributed by atoms with E-state index in [1.165, 1.54) is 0 Å². The van der Waals surface area contributed by atoms with Crippen molar-refractivity contribution in [3.63, 3.8) is 0 Å². The standard InChI is InChI=1S/C19H21NO5/c1-22-15-5-3-13(11-17(15)23-2)7-8-20-19(21)14-4-6-16-18(12-14)25-10-9-24-16/h3-6,11-12H,7-10H2,1-2H3,(H,20,21). The van der Waals surface area contributed by atoms with E-state index in [4.69, 9.17) is 18.9 Å². The lowest BCUT2D eigenvalue weighted by atomic mass is 10.1. The summed E-state index contributed by atoms with van der Waals surface area (Å²) in [5.74, 6) is 2.51. The molecule has 0 aliphatic carbocycles. The molecule has 2 aromatic carbocycles. The van der Waals surface area contributed by atoms with Gasteiger partial charge in [-0.25, -0.2) is 0 Å². The highest BCUT2D eigenvalue weighted by atomic mass is 16.6. The molecule has 6 nitrogen and oxygen atoms in total. The minimum atomic E-state index is -0.141. The lowest BCUT2D eigenvalue weighted by Gasteiger charge is -2.18. The van der Waals surface area contributed by atoms with Crippen molar-refractivity contribution in [1.29, 1.82) is 0 Å². The zero-order valence-corrected chi connectivity index (χ0v) is 14.3. The average Bonchev–Trinajstić information content (AvgIpc) is 2.67. The molecule has 6 heteroatoms. The summed E-state index contributed by atoms with van der Waals surface area (Å²) < 4.78 is 21.5. The quantitative estimate of drug-likeness (QED) is 0.873. The summed E-state index contributed by atoms with van der Waals surface area (Å²) in [6.45, 7) is 1.55. The van der Waals surface area contributed by atoms with Crippen molar-refractivity contribution >= 4 is 5.91 Å². The first-order valence-corrected chi connectivity index (χ1v) is 8.10. The van der Waals surface area contributed by atoms with Gasteiger partial charge in [-0.3, -0.25) is 4.79 Å². The Morgan fingerprint density at radius 3 is 2.52 bits per heavy atom. The van der Waals surface area contributed by atoms with Gasteiger partial charge in [0.1, 0.15) is 13.2 Å². The SMILES string of the molecule is COc1ccc(CCNC(=O)c2ccc3c(c2)OCCO3)cc1OC. The summed E-state index contributed by atoms with van der Waals surface area (Å²) >= 11 is 0. The van der Waals surface area contributed by atoms with E-state index in [0.29, 0.717) is 54.7 Å². The Morgan fingerprint density at radius 1 is 1.00 bits per heavy atom. The van der Waals surface area contributed by atoms with E-state index >= 15 is 0 Å². The van der Waals surface area contributed by atoms with Crippen LogP contribution in [-0.2, 0) is 6.42 Å². The average molecular weight is 343 g/mol. The molecule has 1 amide bonds. The van der Waals surface area contributed by atoms with Crippen molar-refractivity contribution in [2.24, 2.45) is 0 Å². The van der Waals surface area contributed by atoms with Crippen LogP contribution >= 0.6 is 0 Å². The second-order valence-corrected chi connectivity index (χ2v) is 5.55. The van der Waals surface area contributed by atoms with Gasteiger partial charge in [0.25, 0.3) is 5.91 Å². The topological polar surface area (TPSA) is 66.0 Å². The molecule has 1 heterocycles. The van der Waals surface area contributed by atoms with Crippen LogP contribution in [0.2, 0.25) is 0 Å². The minimum Gasteiger partial charge on any atom is -0.493 e. The van der Waals surface area contributed by atoms with Crippen molar-refractivity contribution in [2.45, 2.75) is 6.42 Å². The Morgan fingerprint density at radius 2 is 1.76 bits per heavy atom. The van der Waals surface area contributed by atoms with Crippen molar-refractivity contribution in [3.8, 4) is 23.0 Å². The minimum absolute atomic E-state index is 0.141. The predicted molar refractivity (Wildman–Crippen MR) is 93.0 cm³/mol. The van der Waals surface area contributed by atoms with Gasteiger partial charge in [-0.2, -0.15) is 0 Å². The molecule has 0 saturated heterocycles. The molecule has 0 fully saturated rings. The summed E-state index contributed by atoms with van der Waals surface area (Å²) in [4.78, 5) is 12.3. The second kappa shape index (κ2) is 7.79. The molecule has 0 radical (unpaired) electrons. The third-order valence-corrected chi connectivity index (χ3v) is 3.95. The largest absolute Gasteiger partial charge is 0.493 e. The van der Waals surface area contributed by atoms with E-state index in [2.05, 4.69) is 5.32 Å². The summed E-state index contributed by atoms with van der Waals surface area (Å²) in [5.41, 5.74) is 1.61. The Balaban J connectivity index is 1.57. The number of carbonyl (C=O) groups is 1. The smallest absolute Gasteiger partial charge is 0.251 e. The number of benzene rings is 2. The molecule has 0 bridgehead atoms. The van der Waals surface area contributed by atoms with E-state index in [1.807, 2.05) is 18.2 Å². The lowest BCUT2D eigenvalue weighted by Crippen LogP contribution is -2.26. The van der Waals surface area contributed by atoms with E-state index in [0.717, 1.165) is 5.56 Å². The van der Waals surface area contributed by atoms with Crippen LogP contribution in [0.15, 0.2) is 36.4 Å². The highest BCUT2D eigenvalue weighted by Crippen LogP contribution is 2.30. The third-order valence-electron chi connectivity index (χ3n) is 3.95. The normalized spacial score (nSPS) is 12.4. The maximum atomic E-state index is 12.3.